The van der Waals surface area contributed by atoms with Crippen molar-refractivity contribution in [1.29, 1.82) is 0 Å². The van der Waals surface area contributed by atoms with Crippen molar-refractivity contribution < 1.29 is 33.6 Å². The fourth-order valence-electron chi connectivity index (χ4n) is 5.56. The van der Waals surface area contributed by atoms with Crippen LogP contribution >= 0.6 is 0 Å². The molecule has 0 saturated carbocycles. The molecule has 8 heteroatoms. The number of aliphatic imine (C=N–C) groups is 2. The topological polar surface area (TPSA) is 76.3 Å². The van der Waals surface area contributed by atoms with E-state index in [1.54, 1.807) is 12.4 Å². The van der Waals surface area contributed by atoms with Crippen molar-refractivity contribution in [2.75, 3.05) is 0 Å². The molecule has 4 aromatic heterocycles. The summed E-state index contributed by atoms with van der Waals surface area (Å²) in [6.45, 7) is 8.48. The first-order valence-electron chi connectivity index (χ1n) is 15.0. The van der Waals surface area contributed by atoms with Crippen LogP contribution in [0.15, 0.2) is 119 Å². The molecule has 2 aromatic carbocycles. The fraction of sp³-hybridized carbons (Fsp3) is 0.128. The molecule has 4 heterocycles. The van der Waals surface area contributed by atoms with E-state index in [0.29, 0.717) is 6.42 Å². The Morgan fingerprint density at radius 1 is 0.511 bits per heavy atom. The zero-order valence-corrected chi connectivity index (χ0v) is 28.7. The largest absolute Gasteiger partial charge is 0.255 e. The van der Waals surface area contributed by atoms with Gasteiger partial charge in [-0.25, -0.2) is 9.97 Å². The van der Waals surface area contributed by atoms with Crippen LogP contribution in [0.1, 0.15) is 44.8 Å². The van der Waals surface area contributed by atoms with Crippen LogP contribution in [0, 0.1) is 27.7 Å². The molecule has 0 aliphatic heterocycles. The molecule has 0 spiro atoms. The van der Waals surface area contributed by atoms with Crippen LogP contribution in [0.5, 0.6) is 0 Å². The summed E-state index contributed by atoms with van der Waals surface area (Å²) >= 11 is 0. The van der Waals surface area contributed by atoms with Crippen LogP contribution in [0.2, 0.25) is 0 Å². The Hall–Kier alpha value is -4.61. The maximum Gasteiger partial charge on any atom is 0.0894 e. The van der Waals surface area contributed by atoms with Crippen molar-refractivity contribution in [2.24, 2.45) is 9.98 Å². The van der Waals surface area contributed by atoms with Gasteiger partial charge in [-0.1, -0.05) is 59.7 Å². The van der Waals surface area contributed by atoms with Gasteiger partial charge >= 0.3 is 0 Å². The van der Waals surface area contributed by atoms with Crippen molar-refractivity contribution >= 4 is 23.8 Å². The summed E-state index contributed by atoms with van der Waals surface area (Å²) in [5.74, 6) is 0. The molecule has 0 bridgehead atoms. The molecule has 0 N–H and O–H groups in total. The van der Waals surface area contributed by atoms with Gasteiger partial charge in [0.25, 0.3) is 0 Å². The number of nitrogens with zero attached hydrogens (tertiary/aromatic N) is 6. The van der Waals surface area contributed by atoms with Crippen molar-refractivity contribution in [3.63, 3.8) is 0 Å². The Morgan fingerprint density at radius 2 is 0.936 bits per heavy atom. The summed E-state index contributed by atoms with van der Waals surface area (Å²) in [5, 5.41) is 0. The van der Waals surface area contributed by atoms with Gasteiger partial charge in [0.1, 0.15) is 0 Å². The van der Waals surface area contributed by atoms with E-state index in [1.807, 2.05) is 85.2 Å². The molecule has 0 atom stereocenters. The summed E-state index contributed by atoms with van der Waals surface area (Å²) in [6.07, 6.45) is 7.93. The summed E-state index contributed by atoms with van der Waals surface area (Å²) in [5.41, 5.74) is 13.7. The first kappa shape index (κ1) is 35.3. The molecule has 0 unspecified atom stereocenters. The molecule has 238 valence electrons. The van der Waals surface area contributed by atoms with E-state index in [-0.39, 0.29) is 33.6 Å². The van der Waals surface area contributed by atoms with Crippen molar-refractivity contribution in [3.8, 4) is 22.8 Å². The normalized spacial score (nSPS) is 11.0. The number of benzene rings is 2. The maximum absolute atomic E-state index is 4.99. The summed E-state index contributed by atoms with van der Waals surface area (Å²) < 4.78 is 0. The molecule has 6 nitrogen and oxygen atoms in total. The van der Waals surface area contributed by atoms with Crippen LogP contribution < -0.4 is 0 Å². The molecule has 6 aromatic rings. The van der Waals surface area contributed by atoms with Crippen LogP contribution in [-0.4, -0.2) is 32.4 Å². The quantitative estimate of drug-likeness (QED) is 0.148. The van der Waals surface area contributed by atoms with Crippen molar-refractivity contribution in [3.05, 3.63) is 154 Å². The number of rotatable bonds is 8. The van der Waals surface area contributed by atoms with Gasteiger partial charge < -0.3 is 0 Å². The third kappa shape index (κ3) is 8.81. The SMILES string of the molecule is Cc1cc(C)c(N=Cc2cccc(-c3ccccn3)n2)c(Cc2cc(C)cc(C)c2N=Cc2cccc(-c3ccccn3)n2)c1.[Co].[Co]. The van der Waals surface area contributed by atoms with E-state index in [1.165, 1.54) is 11.1 Å². The third-order valence-electron chi connectivity index (χ3n) is 7.48. The number of aryl methyl sites for hydroxylation is 4. The smallest absolute Gasteiger partial charge is 0.0894 e. The number of pyridine rings is 4. The van der Waals surface area contributed by atoms with Crippen LogP contribution in [0.4, 0.5) is 11.4 Å². The Kier molecular flexibility index (Phi) is 12.2. The molecule has 47 heavy (non-hydrogen) atoms. The van der Waals surface area contributed by atoms with Gasteiger partial charge in [0.05, 0.1) is 58.0 Å². The molecule has 0 aliphatic carbocycles. The van der Waals surface area contributed by atoms with Gasteiger partial charge in [-0.15, -0.1) is 0 Å². The van der Waals surface area contributed by atoms with Gasteiger partial charge in [0, 0.05) is 52.4 Å². The predicted octanol–water partition coefficient (Wildman–Crippen LogP) is 8.92. The Morgan fingerprint density at radius 3 is 1.34 bits per heavy atom. The van der Waals surface area contributed by atoms with E-state index in [9.17, 15) is 0 Å². The van der Waals surface area contributed by atoms with Crippen molar-refractivity contribution in [1.82, 2.24) is 19.9 Å². The average Bonchev–Trinajstić information content (AvgIpc) is 3.05. The minimum Gasteiger partial charge on any atom is -0.255 e. The van der Waals surface area contributed by atoms with E-state index < -0.39 is 0 Å². The predicted molar refractivity (Wildman–Crippen MR) is 184 cm³/mol. The van der Waals surface area contributed by atoms with E-state index in [0.717, 1.165) is 67.8 Å². The fourth-order valence-corrected chi connectivity index (χ4v) is 5.56. The molecule has 6 rings (SSSR count). The second-order valence-corrected chi connectivity index (χ2v) is 11.2. The number of aromatic nitrogens is 4. The summed E-state index contributed by atoms with van der Waals surface area (Å²) in [4.78, 5) is 28.5. The second kappa shape index (κ2) is 16.3. The standard InChI is InChI=1S/C39H34N6.2Co/c1-26-19-28(3)38(42-24-32-11-9-15-36(44-32)34-13-5-7-17-40-34)30(21-26)23-31-22-27(2)20-29(4)39(31)43-25-33-12-10-16-37(45-33)35-14-6-8-18-41-35;;/h5-22,24-25H,23H2,1-4H3;;. The number of hydrogen-bond donors (Lipinski definition) is 0. The third-order valence-corrected chi connectivity index (χ3v) is 7.48. The van der Waals surface area contributed by atoms with Crippen molar-refractivity contribution in [2.45, 2.75) is 34.1 Å². The minimum atomic E-state index is 0. The Balaban J connectivity index is 0.00000250. The average molecular weight is 705 g/mol. The van der Waals surface area contributed by atoms with Crippen LogP contribution in [0.25, 0.3) is 22.8 Å². The molecule has 0 saturated heterocycles. The number of hydrogen-bond acceptors (Lipinski definition) is 6. The molecule has 0 fully saturated rings. The Bertz CT molecular complexity index is 1880. The van der Waals surface area contributed by atoms with Gasteiger partial charge in [-0.2, -0.15) is 0 Å². The zero-order valence-electron chi connectivity index (χ0n) is 26.6. The van der Waals surface area contributed by atoms with Crippen LogP contribution in [-0.2, 0) is 40.0 Å². The second-order valence-electron chi connectivity index (χ2n) is 11.2. The van der Waals surface area contributed by atoms with Gasteiger partial charge in [-0.3, -0.25) is 20.0 Å². The Labute approximate surface area is 297 Å². The van der Waals surface area contributed by atoms with Crippen LogP contribution in [0.3, 0.4) is 0 Å². The summed E-state index contributed by atoms with van der Waals surface area (Å²) in [6, 6.07) is 32.3. The zero-order chi connectivity index (χ0) is 31.2. The van der Waals surface area contributed by atoms with Gasteiger partial charge in [0.15, 0.2) is 0 Å². The van der Waals surface area contributed by atoms with Gasteiger partial charge in [-0.05, 0) is 98.5 Å². The molecule has 0 amide bonds. The summed E-state index contributed by atoms with van der Waals surface area (Å²) in [7, 11) is 0. The van der Waals surface area contributed by atoms with E-state index >= 15 is 0 Å². The maximum atomic E-state index is 4.99. The molecule has 0 aliphatic rings. The minimum absolute atomic E-state index is 0. The first-order valence-corrected chi connectivity index (χ1v) is 15.0. The molecular formula is C39H34Co2N6. The monoisotopic (exact) mass is 704 g/mol. The van der Waals surface area contributed by atoms with E-state index in [4.69, 9.17) is 20.0 Å². The first-order chi connectivity index (χ1) is 21.9. The molecular weight excluding hydrogens is 670 g/mol. The van der Waals surface area contributed by atoms with Gasteiger partial charge in [0.2, 0.25) is 0 Å². The molecule has 2 radical (unpaired) electrons. The van der Waals surface area contributed by atoms with E-state index in [2.05, 4.69) is 61.9 Å².